The summed E-state index contributed by atoms with van der Waals surface area (Å²) in [6, 6.07) is 9.34. The maximum atomic E-state index is 14.1. The van der Waals surface area contributed by atoms with Crippen molar-refractivity contribution in [2.75, 3.05) is 7.11 Å². The van der Waals surface area contributed by atoms with Crippen LogP contribution >= 0.6 is 23.2 Å². The lowest BCUT2D eigenvalue weighted by Gasteiger charge is -2.10. The van der Waals surface area contributed by atoms with Crippen LogP contribution in [0.3, 0.4) is 0 Å². The van der Waals surface area contributed by atoms with Gasteiger partial charge in [-0.15, -0.1) is 0 Å². The second kappa shape index (κ2) is 6.34. The molecule has 2 aromatic carbocycles. The summed E-state index contributed by atoms with van der Waals surface area (Å²) >= 11 is 11.9. The van der Waals surface area contributed by atoms with Gasteiger partial charge in [0.1, 0.15) is 5.82 Å². The van der Waals surface area contributed by atoms with E-state index >= 15 is 0 Å². The fourth-order valence-electron chi connectivity index (χ4n) is 2.63. The first kappa shape index (κ1) is 16.6. The highest BCUT2D eigenvalue weighted by Gasteiger charge is 2.25. The Morgan fingerprint density at radius 3 is 2.67 bits per heavy atom. The van der Waals surface area contributed by atoms with E-state index in [9.17, 15) is 14.3 Å². The van der Waals surface area contributed by atoms with Gasteiger partial charge < -0.3 is 14.4 Å². The van der Waals surface area contributed by atoms with Crippen LogP contribution in [0.2, 0.25) is 10.0 Å². The molecule has 0 unspecified atom stereocenters. The van der Waals surface area contributed by atoms with Gasteiger partial charge in [-0.2, -0.15) is 0 Å². The molecule has 0 saturated heterocycles. The van der Waals surface area contributed by atoms with E-state index in [-0.39, 0.29) is 17.6 Å². The topological polar surface area (TPSA) is 51.5 Å². The van der Waals surface area contributed by atoms with Crippen molar-refractivity contribution in [2.45, 2.75) is 6.54 Å². The highest BCUT2D eigenvalue weighted by atomic mass is 35.5. The van der Waals surface area contributed by atoms with Gasteiger partial charge in [0.15, 0.2) is 11.4 Å². The Labute approximate surface area is 147 Å². The number of hydrogen-bond acceptors (Lipinski definition) is 3. The molecular weight excluding hydrogens is 356 g/mol. The Bertz CT molecular complexity index is 953. The number of aromatic nitrogens is 1. The van der Waals surface area contributed by atoms with Crippen molar-refractivity contribution in [1.82, 2.24) is 4.57 Å². The minimum atomic E-state index is -0.761. The van der Waals surface area contributed by atoms with Crippen molar-refractivity contribution in [1.29, 1.82) is 0 Å². The quantitative estimate of drug-likeness (QED) is 0.686. The molecule has 3 aromatic rings. The molecule has 1 N–H and O–H groups in total. The Balaban J connectivity index is 2.23. The second-order valence-corrected chi connectivity index (χ2v) is 5.97. The van der Waals surface area contributed by atoms with E-state index in [2.05, 4.69) is 0 Å². The van der Waals surface area contributed by atoms with E-state index in [0.717, 1.165) is 5.56 Å². The summed E-state index contributed by atoms with van der Waals surface area (Å²) in [5.41, 5.74) is 0.985. The molecule has 0 spiro atoms. The highest BCUT2D eigenvalue weighted by Crippen LogP contribution is 2.35. The lowest BCUT2D eigenvalue weighted by molar-refractivity contribution is 0.0586. The summed E-state index contributed by atoms with van der Waals surface area (Å²) in [5.74, 6) is -1.83. The molecule has 0 aliphatic carbocycles. The molecular formula is C17H12Cl2FNO3. The molecule has 124 valence electrons. The van der Waals surface area contributed by atoms with Crippen molar-refractivity contribution < 1.29 is 19.0 Å². The van der Waals surface area contributed by atoms with Crippen LogP contribution < -0.4 is 0 Å². The van der Waals surface area contributed by atoms with Crippen LogP contribution in [0.15, 0.2) is 36.4 Å². The summed E-state index contributed by atoms with van der Waals surface area (Å²) in [4.78, 5) is 12.1. The van der Waals surface area contributed by atoms with Gasteiger partial charge in [0.05, 0.1) is 28.1 Å². The third-order valence-electron chi connectivity index (χ3n) is 3.72. The van der Waals surface area contributed by atoms with Crippen LogP contribution in [-0.4, -0.2) is 22.8 Å². The summed E-state index contributed by atoms with van der Waals surface area (Å²) in [6.07, 6.45) is 0. The number of nitrogens with zero attached hydrogens (tertiary/aromatic N) is 1. The number of rotatable bonds is 3. The number of carbonyl (C=O) groups excluding carboxylic acids is 1. The molecule has 0 atom stereocenters. The van der Waals surface area contributed by atoms with Crippen LogP contribution in [0.1, 0.15) is 16.1 Å². The third kappa shape index (κ3) is 2.70. The second-order valence-electron chi connectivity index (χ2n) is 5.16. The number of hydrogen-bond donors (Lipinski definition) is 1. The van der Waals surface area contributed by atoms with Crippen molar-refractivity contribution in [3.8, 4) is 5.75 Å². The van der Waals surface area contributed by atoms with Crippen LogP contribution in [0.5, 0.6) is 5.75 Å². The average molecular weight is 368 g/mol. The molecule has 24 heavy (non-hydrogen) atoms. The highest BCUT2D eigenvalue weighted by molar-refractivity contribution is 6.42. The minimum Gasteiger partial charge on any atom is -0.505 e. The third-order valence-corrected chi connectivity index (χ3v) is 4.46. The van der Waals surface area contributed by atoms with E-state index in [4.69, 9.17) is 27.9 Å². The lowest BCUT2D eigenvalue weighted by Crippen LogP contribution is -2.11. The van der Waals surface area contributed by atoms with E-state index in [0.29, 0.717) is 15.6 Å². The summed E-state index contributed by atoms with van der Waals surface area (Å²) in [6.45, 7) is 0.182. The first-order valence-corrected chi connectivity index (χ1v) is 7.71. The number of methoxy groups -OCH3 is 1. The van der Waals surface area contributed by atoms with Crippen molar-refractivity contribution in [3.05, 3.63) is 63.5 Å². The summed E-state index contributed by atoms with van der Waals surface area (Å²) < 4.78 is 20.3. The van der Waals surface area contributed by atoms with Crippen molar-refractivity contribution >= 4 is 40.1 Å². The fourth-order valence-corrected chi connectivity index (χ4v) is 2.95. The standard InChI is InChI=1S/C17H12Cl2FNO3/c1-24-17(23)15-16(22)14-12(20)3-2-4-13(14)21(15)8-9-5-6-10(18)11(19)7-9/h2-7,22H,8H2,1H3. The van der Waals surface area contributed by atoms with E-state index in [1.165, 1.54) is 23.8 Å². The number of aromatic hydroxyl groups is 1. The SMILES string of the molecule is COC(=O)c1c(O)c2c(F)cccc2n1Cc1ccc(Cl)c(Cl)c1. The monoisotopic (exact) mass is 367 g/mol. The maximum absolute atomic E-state index is 14.1. The van der Waals surface area contributed by atoms with Gasteiger partial charge >= 0.3 is 5.97 Å². The van der Waals surface area contributed by atoms with Gasteiger partial charge in [-0.3, -0.25) is 0 Å². The van der Waals surface area contributed by atoms with Gasteiger partial charge in [-0.1, -0.05) is 35.3 Å². The van der Waals surface area contributed by atoms with E-state index in [1.54, 1.807) is 24.3 Å². The smallest absolute Gasteiger partial charge is 0.358 e. The average Bonchev–Trinajstić information content (AvgIpc) is 2.84. The van der Waals surface area contributed by atoms with Crippen LogP contribution in [0.4, 0.5) is 4.39 Å². The molecule has 1 heterocycles. The molecule has 0 saturated carbocycles. The predicted octanol–water partition coefficient (Wildman–Crippen LogP) is 4.63. The Kier molecular flexibility index (Phi) is 4.39. The normalized spacial score (nSPS) is 11.0. The van der Waals surface area contributed by atoms with Crippen molar-refractivity contribution in [3.63, 3.8) is 0 Å². The molecule has 7 heteroatoms. The number of halogens is 3. The maximum Gasteiger partial charge on any atom is 0.358 e. The minimum absolute atomic E-state index is 0.0297. The molecule has 3 rings (SSSR count). The first-order chi connectivity index (χ1) is 11.4. The summed E-state index contributed by atoms with van der Waals surface area (Å²) in [7, 11) is 1.19. The number of esters is 1. The first-order valence-electron chi connectivity index (χ1n) is 6.96. The van der Waals surface area contributed by atoms with Crippen LogP contribution in [-0.2, 0) is 11.3 Å². The molecule has 1 aromatic heterocycles. The van der Waals surface area contributed by atoms with E-state index in [1.807, 2.05) is 0 Å². The van der Waals surface area contributed by atoms with E-state index < -0.39 is 17.5 Å². The molecule has 0 aliphatic heterocycles. The zero-order chi connectivity index (χ0) is 17.4. The van der Waals surface area contributed by atoms with Gasteiger partial charge in [0, 0.05) is 6.54 Å². The molecule has 0 radical (unpaired) electrons. The lowest BCUT2D eigenvalue weighted by atomic mass is 10.2. The summed E-state index contributed by atoms with van der Waals surface area (Å²) in [5, 5.41) is 11.1. The molecule has 0 amide bonds. The van der Waals surface area contributed by atoms with Crippen LogP contribution in [0.25, 0.3) is 10.9 Å². The molecule has 0 aliphatic rings. The zero-order valence-corrected chi connectivity index (χ0v) is 14.0. The fraction of sp³-hybridized carbons (Fsp3) is 0.118. The van der Waals surface area contributed by atoms with Gasteiger partial charge in [-0.05, 0) is 29.8 Å². The number of carbonyl (C=O) groups is 1. The number of fused-ring (bicyclic) bond motifs is 1. The molecule has 0 fully saturated rings. The number of ether oxygens (including phenoxy) is 1. The van der Waals surface area contributed by atoms with Gasteiger partial charge in [0.25, 0.3) is 0 Å². The molecule has 4 nitrogen and oxygen atoms in total. The van der Waals surface area contributed by atoms with Crippen LogP contribution in [0, 0.1) is 5.82 Å². The Hall–Kier alpha value is -2.24. The Morgan fingerprint density at radius 2 is 2.00 bits per heavy atom. The van der Waals surface area contributed by atoms with Gasteiger partial charge in [-0.25, -0.2) is 9.18 Å². The predicted molar refractivity (Wildman–Crippen MR) is 90.5 cm³/mol. The van der Waals surface area contributed by atoms with Crippen molar-refractivity contribution in [2.24, 2.45) is 0 Å². The zero-order valence-electron chi connectivity index (χ0n) is 12.5. The molecule has 0 bridgehead atoms. The van der Waals surface area contributed by atoms with Gasteiger partial charge in [0.2, 0.25) is 0 Å². The largest absolute Gasteiger partial charge is 0.505 e. The number of benzene rings is 2. The Morgan fingerprint density at radius 1 is 1.25 bits per heavy atom.